The average molecular weight is 363 g/mol. The molecular weight excluding hydrogens is 342 g/mol. The predicted octanol–water partition coefficient (Wildman–Crippen LogP) is 3.12. The minimum atomic E-state index is -1.02. The first-order chi connectivity index (χ1) is 11.7. The lowest BCUT2D eigenvalue weighted by Gasteiger charge is -2.26. The first-order valence-electron chi connectivity index (χ1n) is 8.07. The highest BCUT2D eigenvalue weighted by Gasteiger charge is 2.42. The number of hydrogen-bond donors (Lipinski definition) is 2. The molecule has 2 heterocycles. The van der Waals surface area contributed by atoms with E-state index in [4.69, 9.17) is 4.74 Å². The number of para-hydroxylation sites is 2. The van der Waals surface area contributed by atoms with Gasteiger partial charge in [0.15, 0.2) is 5.16 Å². The summed E-state index contributed by atoms with van der Waals surface area (Å²) in [4.78, 5) is 32.9. The van der Waals surface area contributed by atoms with E-state index >= 15 is 0 Å². The molecule has 0 bridgehead atoms. The van der Waals surface area contributed by atoms with Crippen molar-refractivity contribution in [1.29, 1.82) is 0 Å². The Morgan fingerprint density at radius 1 is 1.36 bits per heavy atom. The Kier molecular flexibility index (Phi) is 4.64. The summed E-state index contributed by atoms with van der Waals surface area (Å²) in [6, 6.07) is 6.82. The number of nitrogens with zero attached hydrogens (tertiary/aromatic N) is 2. The van der Waals surface area contributed by atoms with Crippen molar-refractivity contribution in [2.45, 2.75) is 49.2 Å². The number of likely N-dealkylation sites (tertiary alicyclic amines) is 1. The van der Waals surface area contributed by atoms with E-state index in [2.05, 4.69) is 9.97 Å². The minimum absolute atomic E-state index is 0.0609. The smallest absolute Gasteiger partial charge is 0.411 e. The number of carboxylic acid groups (broad SMARTS) is 1. The van der Waals surface area contributed by atoms with Gasteiger partial charge >= 0.3 is 12.1 Å². The van der Waals surface area contributed by atoms with Gasteiger partial charge in [-0.3, -0.25) is 4.90 Å². The molecule has 1 aromatic heterocycles. The fourth-order valence-electron chi connectivity index (χ4n) is 2.78. The van der Waals surface area contributed by atoms with E-state index < -0.39 is 23.7 Å². The van der Waals surface area contributed by atoms with Crippen LogP contribution >= 0.6 is 11.8 Å². The van der Waals surface area contributed by atoms with Crippen molar-refractivity contribution in [3.8, 4) is 0 Å². The standard InChI is InChI=1S/C17H21N3O4S/c1-17(2,3)24-16(23)20-9-10(8-13(20)14(21)22)25-15-18-11-6-4-5-7-12(11)19-15/h4-7,10,13H,8-9H2,1-3H3,(H,18,19)(H,21,22)/t10-,13-/m0/s1. The van der Waals surface area contributed by atoms with Gasteiger partial charge in [-0.25, -0.2) is 14.6 Å². The minimum Gasteiger partial charge on any atom is -0.480 e. The van der Waals surface area contributed by atoms with Gasteiger partial charge in [-0.05, 0) is 39.3 Å². The summed E-state index contributed by atoms with van der Waals surface area (Å²) >= 11 is 1.46. The topological polar surface area (TPSA) is 95.5 Å². The Morgan fingerprint density at radius 2 is 2.08 bits per heavy atom. The number of ether oxygens (including phenoxy) is 1. The molecule has 2 atom stereocenters. The third-order valence-corrected chi connectivity index (χ3v) is 4.91. The Labute approximate surface area is 149 Å². The Hall–Kier alpha value is -2.22. The molecule has 1 fully saturated rings. The third-order valence-electron chi connectivity index (χ3n) is 3.82. The van der Waals surface area contributed by atoms with Crippen LogP contribution in [0.1, 0.15) is 27.2 Å². The van der Waals surface area contributed by atoms with Gasteiger partial charge in [0.25, 0.3) is 0 Å². The quantitative estimate of drug-likeness (QED) is 0.870. The maximum Gasteiger partial charge on any atom is 0.411 e. The van der Waals surface area contributed by atoms with E-state index in [0.29, 0.717) is 13.0 Å². The second-order valence-corrected chi connectivity index (χ2v) is 8.31. The number of rotatable bonds is 3. The fraction of sp³-hybridized carbons (Fsp3) is 0.471. The molecule has 25 heavy (non-hydrogen) atoms. The van der Waals surface area contributed by atoms with Crippen molar-refractivity contribution in [2.75, 3.05) is 6.54 Å². The van der Waals surface area contributed by atoms with Crippen LogP contribution in [0.25, 0.3) is 11.0 Å². The molecule has 2 N–H and O–H groups in total. The first-order valence-corrected chi connectivity index (χ1v) is 8.95. The second kappa shape index (κ2) is 6.59. The van der Waals surface area contributed by atoms with E-state index in [1.54, 1.807) is 20.8 Å². The number of hydrogen-bond acceptors (Lipinski definition) is 5. The summed E-state index contributed by atoms with van der Waals surface area (Å²) in [5.74, 6) is -1.02. The molecule has 1 amide bonds. The summed E-state index contributed by atoms with van der Waals surface area (Å²) in [6.45, 7) is 5.60. The summed E-state index contributed by atoms with van der Waals surface area (Å²) in [6.07, 6.45) is -0.233. The van der Waals surface area contributed by atoms with Gasteiger partial charge < -0.3 is 14.8 Å². The molecule has 8 heteroatoms. The van der Waals surface area contributed by atoms with Crippen LogP contribution in [0.15, 0.2) is 29.4 Å². The van der Waals surface area contributed by atoms with Gasteiger partial charge in [0.05, 0.1) is 11.0 Å². The number of carbonyl (C=O) groups is 2. The molecule has 0 radical (unpaired) electrons. The molecule has 1 saturated heterocycles. The molecular formula is C17H21N3O4S. The van der Waals surface area contributed by atoms with E-state index in [1.165, 1.54) is 16.7 Å². The molecule has 1 aromatic carbocycles. The van der Waals surface area contributed by atoms with Crippen LogP contribution in [0, 0.1) is 0 Å². The lowest BCUT2D eigenvalue weighted by Crippen LogP contribution is -2.43. The van der Waals surface area contributed by atoms with Gasteiger partial charge in [0, 0.05) is 11.8 Å². The Bertz CT molecular complexity index is 766. The van der Waals surface area contributed by atoms with Crippen molar-refractivity contribution in [1.82, 2.24) is 14.9 Å². The zero-order valence-electron chi connectivity index (χ0n) is 14.4. The number of carboxylic acids is 1. The zero-order chi connectivity index (χ0) is 18.2. The van der Waals surface area contributed by atoms with Crippen LogP contribution in [0.3, 0.4) is 0 Å². The molecule has 3 rings (SSSR count). The van der Waals surface area contributed by atoms with Gasteiger partial charge in [-0.15, -0.1) is 0 Å². The van der Waals surface area contributed by atoms with Crippen LogP contribution in [0.4, 0.5) is 4.79 Å². The van der Waals surface area contributed by atoms with Crippen molar-refractivity contribution >= 4 is 34.9 Å². The van der Waals surface area contributed by atoms with E-state index in [1.807, 2.05) is 24.3 Å². The average Bonchev–Trinajstić information content (AvgIpc) is 3.09. The number of fused-ring (bicyclic) bond motifs is 1. The highest BCUT2D eigenvalue weighted by molar-refractivity contribution is 7.99. The van der Waals surface area contributed by atoms with E-state index in [9.17, 15) is 14.7 Å². The molecule has 0 unspecified atom stereocenters. The number of aromatic amines is 1. The number of thioether (sulfide) groups is 1. The number of benzene rings is 1. The highest BCUT2D eigenvalue weighted by atomic mass is 32.2. The molecule has 0 spiro atoms. The number of carbonyl (C=O) groups excluding carboxylic acids is 1. The van der Waals surface area contributed by atoms with Crippen molar-refractivity contribution < 1.29 is 19.4 Å². The molecule has 1 aliphatic rings. The van der Waals surface area contributed by atoms with Crippen LogP contribution in [0.5, 0.6) is 0 Å². The van der Waals surface area contributed by atoms with Crippen molar-refractivity contribution in [2.24, 2.45) is 0 Å². The summed E-state index contributed by atoms with van der Waals surface area (Å²) < 4.78 is 5.34. The van der Waals surface area contributed by atoms with Crippen molar-refractivity contribution in [3.05, 3.63) is 24.3 Å². The van der Waals surface area contributed by atoms with Crippen molar-refractivity contribution in [3.63, 3.8) is 0 Å². The van der Waals surface area contributed by atoms with Crippen LogP contribution in [-0.2, 0) is 9.53 Å². The molecule has 7 nitrogen and oxygen atoms in total. The SMILES string of the molecule is CC(C)(C)OC(=O)N1C[C@@H](Sc2nc3ccccc3[nH]2)C[C@H]1C(=O)O. The molecule has 0 aliphatic carbocycles. The predicted molar refractivity (Wildman–Crippen MR) is 94.7 cm³/mol. The number of amides is 1. The summed E-state index contributed by atoms with van der Waals surface area (Å²) in [5, 5.41) is 10.1. The summed E-state index contributed by atoms with van der Waals surface area (Å²) in [7, 11) is 0. The summed E-state index contributed by atoms with van der Waals surface area (Å²) in [5.41, 5.74) is 1.13. The van der Waals surface area contributed by atoms with E-state index in [-0.39, 0.29) is 5.25 Å². The van der Waals surface area contributed by atoms with Gasteiger partial charge in [0.2, 0.25) is 0 Å². The molecule has 2 aromatic rings. The maximum atomic E-state index is 12.3. The fourth-order valence-corrected chi connectivity index (χ4v) is 3.93. The van der Waals surface area contributed by atoms with E-state index in [0.717, 1.165) is 16.2 Å². The Balaban J connectivity index is 1.73. The zero-order valence-corrected chi connectivity index (χ0v) is 15.2. The maximum absolute atomic E-state index is 12.3. The Morgan fingerprint density at radius 3 is 2.72 bits per heavy atom. The third kappa shape index (κ3) is 4.07. The number of aliphatic carboxylic acids is 1. The largest absolute Gasteiger partial charge is 0.480 e. The lowest BCUT2D eigenvalue weighted by molar-refractivity contribution is -0.142. The lowest BCUT2D eigenvalue weighted by atomic mass is 10.2. The van der Waals surface area contributed by atoms with Gasteiger partial charge in [0.1, 0.15) is 11.6 Å². The van der Waals surface area contributed by atoms with Gasteiger partial charge in [-0.1, -0.05) is 23.9 Å². The highest BCUT2D eigenvalue weighted by Crippen LogP contribution is 2.33. The van der Waals surface area contributed by atoms with Crippen LogP contribution in [-0.4, -0.2) is 55.5 Å². The number of imidazole rings is 1. The van der Waals surface area contributed by atoms with Gasteiger partial charge in [-0.2, -0.15) is 0 Å². The first kappa shape index (κ1) is 17.6. The molecule has 134 valence electrons. The van der Waals surface area contributed by atoms with Crippen LogP contribution in [0.2, 0.25) is 0 Å². The number of aromatic nitrogens is 2. The number of H-pyrrole nitrogens is 1. The van der Waals surface area contributed by atoms with Crippen LogP contribution < -0.4 is 0 Å². The molecule has 0 saturated carbocycles. The monoisotopic (exact) mass is 363 g/mol. The number of nitrogens with one attached hydrogen (secondary N) is 1. The molecule has 1 aliphatic heterocycles. The second-order valence-electron chi connectivity index (χ2n) is 7.02. The normalized spacial score (nSPS) is 20.8.